The summed E-state index contributed by atoms with van der Waals surface area (Å²) < 4.78 is 27.0. The standard InChI is InChI=1S/C13H12N4O2S/c1-9-4-6-10(7-5-9)20(18,19)17-13-11-3-2-8-14-12(11)15-16-13/h2-8H,1H3,(H2,14,15,16,17). The number of benzene rings is 1. The first kappa shape index (κ1) is 12.6. The summed E-state index contributed by atoms with van der Waals surface area (Å²) in [6.45, 7) is 1.90. The molecular formula is C13H12N4O2S. The van der Waals surface area contributed by atoms with E-state index in [0.717, 1.165) is 5.56 Å². The molecule has 0 fully saturated rings. The van der Waals surface area contributed by atoms with Crippen LogP contribution in [0.2, 0.25) is 0 Å². The topological polar surface area (TPSA) is 87.7 Å². The number of nitrogens with one attached hydrogen (secondary N) is 2. The van der Waals surface area contributed by atoms with E-state index in [1.165, 1.54) is 0 Å². The van der Waals surface area contributed by atoms with Gasteiger partial charge in [0.25, 0.3) is 10.0 Å². The average Bonchev–Trinajstić information content (AvgIpc) is 2.82. The molecule has 7 heteroatoms. The molecule has 3 rings (SSSR count). The van der Waals surface area contributed by atoms with Gasteiger partial charge in [-0.3, -0.25) is 9.82 Å². The van der Waals surface area contributed by atoms with Crippen LogP contribution in [-0.2, 0) is 10.0 Å². The zero-order valence-electron chi connectivity index (χ0n) is 10.7. The second-order valence-corrected chi connectivity index (χ2v) is 6.07. The third-order valence-electron chi connectivity index (χ3n) is 2.90. The molecule has 1 aromatic carbocycles. The van der Waals surface area contributed by atoms with Crippen LogP contribution >= 0.6 is 0 Å². The maximum absolute atomic E-state index is 12.3. The number of aromatic nitrogens is 3. The van der Waals surface area contributed by atoms with Crippen molar-refractivity contribution >= 4 is 26.9 Å². The molecule has 0 saturated carbocycles. The number of pyridine rings is 1. The first-order valence-electron chi connectivity index (χ1n) is 5.95. The first-order valence-corrected chi connectivity index (χ1v) is 7.43. The number of fused-ring (bicyclic) bond motifs is 1. The Morgan fingerprint density at radius 3 is 2.65 bits per heavy atom. The molecule has 6 nitrogen and oxygen atoms in total. The molecule has 102 valence electrons. The van der Waals surface area contributed by atoms with Gasteiger partial charge >= 0.3 is 0 Å². The van der Waals surface area contributed by atoms with E-state index in [1.807, 2.05) is 6.92 Å². The number of H-pyrrole nitrogens is 1. The van der Waals surface area contributed by atoms with E-state index in [9.17, 15) is 8.42 Å². The highest BCUT2D eigenvalue weighted by atomic mass is 32.2. The van der Waals surface area contributed by atoms with Gasteiger partial charge in [-0.25, -0.2) is 13.4 Å². The Morgan fingerprint density at radius 1 is 1.15 bits per heavy atom. The minimum atomic E-state index is -3.65. The second kappa shape index (κ2) is 4.61. The minimum Gasteiger partial charge on any atom is -0.261 e. The van der Waals surface area contributed by atoms with E-state index in [2.05, 4.69) is 19.9 Å². The fourth-order valence-corrected chi connectivity index (χ4v) is 2.86. The summed E-state index contributed by atoms with van der Waals surface area (Å²) in [5, 5.41) is 7.26. The fourth-order valence-electron chi connectivity index (χ4n) is 1.84. The number of hydrogen-bond acceptors (Lipinski definition) is 4. The lowest BCUT2D eigenvalue weighted by atomic mass is 10.2. The number of aromatic amines is 1. The van der Waals surface area contributed by atoms with Crippen LogP contribution in [0, 0.1) is 6.92 Å². The van der Waals surface area contributed by atoms with E-state index in [0.29, 0.717) is 11.0 Å². The SMILES string of the molecule is Cc1ccc(S(=O)(=O)Nc2n[nH]c3ncccc23)cc1. The number of anilines is 1. The summed E-state index contributed by atoms with van der Waals surface area (Å²) in [5.41, 5.74) is 1.53. The normalized spacial score (nSPS) is 11.7. The van der Waals surface area contributed by atoms with Gasteiger partial charge in [-0.1, -0.05) is 17.7 Å². The van der Waals surface area contributed by atoms with Crippen molar-refractivity contribution in [2.75, 3.05) is 4.72 Å². The van der Waals surface area contributed by atoms with E-state index in [-0.39, 0.29) is 10.7 Å². The predicted molar refractivity (Wildman–Crippen MR) is 75.9 cm³/mol. The molecule has 2 aromatic heterocycles. The molecule has 0 atom stereocenters. The molecule has 3 aromatic rings. The zero-order valence-corrected chi connectivity index (χ0v) is 11.5. The monoisotopic (exact) mass is 288 g/mol. The molecule has 0 radical (unpaired) electrons. The summed E-state index contributed by atoms with van der Waals surface area (Å²) >= 11 is 0. The molecule has 0 aliphatic rings. The van der Waals surface area contributed by atoms with Crippen LogP contribution in [0.25, 0.3) is 11.0 Å². The van der Waals surface area contributed by atoms with Gasteiger partial charge in [-0.15, -0.1) is 0 Å². The van der Waals surface area contributed by atoms with Gasteiger partial charge < -0.3 is 0 Å². The quantitative estimate of drug-likeness (QED) is 0.772. The maximum Gasteiger partial charge on any atom is 0.263 e. The van der Waals surface area contributed by atoms with Gasteiger partial charge in [0.2, 0.25) is 0 Å². The lowest BCUT2D eigenvalue weighted by Crippen LogP contribution is -2.13. The fraction of sp³-hybridized carbons (Fsp3) is 0.0769. The zero-order chi connectivity index (χ0) is 14.2. The van der Waals surface area contributed by atoms with Crippen LogP contribution in [0.3, 0.4) is 0 Å². The second-order valence-electron chi connectivity index (χ2n) is 4.39. The van der Waals surface area contributed by atoms with Crippen molar-refractivity contribution in [3.63, 3.8) is 0 Å². The lowest BCUT2D eigenvalue weighted by molar-refractivity contribution is 0.601. The molecule has 0 unspecified atom stereocenters. The Morgan fingerprint density at radius 2 is 1.90 bits per heavy atom. The molecule has 0 aliphatic carbocycles. The highest BCUT2D eigenvalue weighted by Gasteiger charge is 2.17. The van der Waals surface area contributed by atoms with Gasteiger partial charge in [-0.2, -0.15) is 5.10 Å². The van der Waals surface area contributed by atoms with E-state index < -0.39 is 10.0 Å². The molecule has 0 aliphatic heterocycles. The van der Waals surface area contributed by atoms with Gasteiger partial charge in [0.05, 0.1) is 10.3 Å². The summed E-state index contributed by atoms with van der Waals surface area (Å²) in [5.74, 6) is 0.244. The third-order valence-corrected chi connectivity index (χ3v) is 4.25. The Hall–Kier alpha value is -2.41. The average molecular weight is 288 g/mol. The molecule has 20 heavy (non-hydrogen) atoms. The van der Waals surface area contributed by atoms with Crippen molar-refractivity contribution in [1.82, 2.24) is 15.2 Å². The molecule has 0 amide bonds. The van der Waals surface area contributed by atoms with Crippen LogP contribution < -0.4 is 4.72 Å². The van der Waals surface area contributed by atoms with Gasteiger partial charge in [0, 0.05) is 6.20 Å². The van der Waals surface area contributed by atoms with E-state index in [4.69, 9.17) is 0 Å². The summed E-state index contributed by atoms with van der Waals surface area (Å²) in [7, 11) is -3.65. The predicted octanol–water partition coefficient (Wildman–Crippen LogP) is 2.07. The van der Waals surface area contributed by atoms with Crippen molar-refractivity contribution in [2.24, 2.45) is 0 Å². The molecule has 0 bridgehead atoms. The molecule has 2 N–H and O–H groups in total. The van der Waals surface area contributed by atoms with Crippen molar-refractivity contribution in [3.8, 4) is 0 Å². The number of sulfonamides is 1. The summed E-state index contributed by atoms with van der Waals surface area (Å²) in [4.78, 5) is 4.26. The largest absolute Gasteiger partial charge is 0.263 e. The van der Waals surface area contributed by atoms with Crippen molar-refractivity contribution < 1.29 is 8.42 Å². The van der Waals surface area contributed by atoms with Crippen molar-refractivity contribution in [2.45, 2.75) is 11.8 Å². The number of nitrogens with zero attached hydrogens (tertiary/aromatic N) is 2. The van der Waals surface area contributed by atoms with Crippen LogP contribution in [-0.4, -0.2) is 23.6 Å². The number of aryl methyl sites for hydroxylation is 1. The molecule has 0 saturated heterocycles. The first-order chi connectivity index (χ1) is 9.56. The highest BCUT2D eigenvalue weighted by Crippen LogP contribution is 2.21. The van der Waals surface area contributed by atoms with Crippen molar-refractivity contribution in [1.29, 1.82) is 0 Å². The van der Waals surface area contributed by atoms with Crippen LogP contribution in [0.5, 0.6) is 0 Å². The van der Waals surface area contributed by atoms with Crippen LogP contribution in [0.15, 0.2) is 47.5 Å². The van der Waals surface area contributed by atoms with E-state index >= 15 is 0 Å². The lowest BCUT2D eigenvalue weighted by Gasteiger charge is -2.06. The van der Waals surface area contributed by atoms with Gasteiger partial charge in [0.1, 0.15) is 0 Å². The van der Waals surface area contributed by atoms with Crippen LogP contribution in [0.4, 0.5) is 5.82 Å². The Labute approximate surface area is 115 Å². The Bertz CT molecular complexity index is 853. The van der Waals surface area contributed by atoms with E-state index in [1.54, 1.807) is 42.6 Å². The third kappa shape index (κ3) is 2.23. The molecular weight excluding hydrogens is 276 g/mol. The van der Waals surface area contributed by atoms with Gasteiger partial charge in [0.15, 0.2) is 11.5 Å². The maximum atomic E-state index is 12.3. The number of rotatable bonds is 3. The number of hydrogen-bond donors (Lipinski definition) is 2. The summed E-state index contributed by atoms with van der Waals surface area (Å²) in [6, 6.07) is 10.1. The smallest absolute Gasteiger partial charge is 0.261 e. The minimum absolute atomic E-state index is 0.197. The van der Waals surface area contributed by atoms with Crippen LogP contribution in [0.1, 0.15) is 5.56 Å². The highest BCUT2D eigenvalue weighted by molar-refractivity contribution is 7.92. The molecule has 2 heterocycles. The summed E-state index contributed by atoms with van der Waals surface area (Å²) in [6.07, 6.45) is 1.61. The molecule has 0 spiro atoms. The van der Waals surface area contributed by atoms with Crippen molar-refractivity contribution in [3.05, 3.63) is 48.2 Å². The van der Waals surface area contributed by atoms with Gasteiger partial charge in [-0.05, 0) is 31.2 Å². The Balaban J connectivity index is 1.99. The Kier molecular flexibility index (Phi) is 2.90.